The second kappa shape index (κ2) is 9.53. The van der Waals surface area contributed by atoms with Gasteiger partial charge in [0.05, 0.1) is 22.1 Å². The van der Waals surface area contributed by atoms with Gasteiger partial charge in [0.1, 0.15) is 0 Å². The van der Waals surface area contributed by atoms with Gasteiger partial charge in [-0.1, -0.05) is 17.7 Å². The summed E-state index contributed by atoms with van der Waals surface area (Å²) in [5.74, 6) is -0.819. The maximum absolute atomic E-state index is 12.8. The third-order valence-corrected chi connectivity index (χ3v) is 4.86. The predicted molar refractivity (Wildman–Crippen MR) is 109 cm³/mol. The number of nitrogens with zero attached hydrogens (tertiary/aromatic N) is 1. The molecule has 3 amide bonds. The first-order chi connectivity index (χ1) is 12.8. The molecule has 0 aliphatic rings. The van der Waals surface area contributed by atoms with E-state index < -0.39 is 0 Å². The largest absolute Gasteiger partial charge is 0.352 e. The molecule has 0 aliphatic carbocycles. The minimum atomic E-state index is -0.306. The van der Waals surface area contributed by atoms with Crippen molar-refractivity contribution in [3.05, 3.63) is 51.2 Å². The standard InChI is InChI=1S/C19H22ClN3O3S/c1-4-23(11-17(24)21-12(2)3)19(26)13-7-8-14(20)15(10-13)22-18(25)16-6-5-9-27-16/h5-10,12H,4,11H2,1-3H3,(H,21,24)(H,22,25). The molecule has 0 unspecified atom stereocenters. The fourth-order valence-electron chi connectivity index (χ4n) is 2.40. The van der Waals surface area contributed by atoms with Crippen LogP contribution in [0.3, 0.4) is 0 Å². The molecule has 1 aromatic heterocycles. The van der Waals surface area contributed by atoms with Gasteiger partial charge in [-0.25, -0.2) is 0 Å². The zero-order chi connectivity index (χ0) is 20.0. The number of thiophene rings is 1. The summed E-state index contributed by atoms with van der Waals surface area (Å²) in [4.78, 5) is 39.0. The number of anilines is 1. The van der Waals surface area contributed by atoms with E-state index in [0.717, 1.165) is 0 Å². The maximum Gasteiger partial charge on any atom is 0.265 e. The first-order valence-electron chi connectivity index (χ1n) is 8.54. The van der Waals surface area contributed by atoms with Crippen LogP contribution in [0.25, 0.3) is 0 Å². The Kier molecular flexibility index (Phi) is 7.38. The molecule has 2 rings (SSSR count). The Morgan fingerprint density at radius 2 is 1.96 bits per heavy atom. The Bertz CT molecular complexity index is 822. The molecule has 0 fully saturated rings. The third-order valence-electron chi connectivity index (χ3n) is 3.66. The lowest BCUT2D eigenvalue weighted by atomic mass is 10.1. The van der Waals surface area contributed by atoms with E-state index in [0.29, 0.717) is 27.7 Å². The van der Waals surface area contributed by atoms with Gasteiger partial charge in [-0.3, -0.25) is 14.4 Å². The van der Waals surface area contributed by atoms with Gasteiger partial charge in [0, 0.05) is 18.2 Å². The fourth-order valence-corrected chi connectivity index (χ4v) is 3.18. The number of halogens is 1. The molecule has 144 valence electrons. The van der Waals surface area contributed by atoms with Crippen LogP contribution < -0.4 is 10.6 Å². The van der Waals surface area contributed by atoms with Crippen molar-refractivity contribution in [2.24, 2.45) is 0 Å². The van der Waals surface area contributed by atoms with Crippen LogP contribution in [0.2, 0.25) is 5.02 Å². The maximum atomic E-state index is 12.8. The van der Waals surface area contributed by atoms with Gasteiger partial charge >= 0.3 is 0 Å². The highest BCUT2D eigenvalue weighted by molar-refractivity contribution is 7.12. The number of carbonyl (C=O) groups excluding carboxylic acids is 3. The highest BCUT2D eigenvalue weighted by Gasteiger charge is 2.19. The average molecular weight is 408 g/mol. The van der Waals surface area contributed by atoms with E-state index >= 15 is 0 Å². The number of hydrogen-bond donors (Lipinski definition) is 2. The Labute approximate surface area is 167 Å². The number of amides is 3. The molecule has 0 bridgehead atoms. The van der Waals surface area contributed by atoms with Crippen molar-refractivity contribution >= 4 is 46.3 Å². The first kappa shape index (κ1) is 20.9. The van der Waals surface area contributed by atoms with E-state index in [2.05, 4.69) is 10.6 Å². The van der Waals surface area contributed by atoms with Crippen LogP contribution in [0.5, 0.6) is 0 Å². The molecule has 1 aromatic carbocycles. The smallest absolute Gasteiger partial charge is 0.265 e. The molecule has 0 saturated carbocycles. The van der Waals surface area contributed by atoms with Crippen LogP contribution >= 0.6 is 22.9 Å². The van der Waals surface area contributed by atoms with Gasteiger partial charge in [-0.2, -0.15) is 0 Å². The summed E-state index contributed by atoms with van der Waals surface area (Å²) in [5.41, 5.74) is 0.698. The molecule has 1 heterocycles. The number of hydrogen-bond acceptors (Lipinski definition) is 4. The molecule has 0 radical (unpaired) electrons. The minimum Gasteiger partial charge on any atom is -0.352 e. The lowest BCUT2D eigenvalue weighted by molar-refractivity contribution is -0.122. The van der Waals surface area contributed by atoms with Gasteiger partial charge in [-0.15, -0.1) is 11.3 Å². The van der Waals surface area contributed by atoms with Crippen LogP contribution in [0.1, 0.15) is 40.8 Å². The molecule has 0 saturated heterocycles. The number of likely N-dealkylation sites (N-methyl/N-ethyl adjacent to an activating group) is 1. The summed E-state index contributed by atoms with van der Waals surface area (Å²) in [7, 11) is 0. The van der Waals surface area contributed by atoms with E-state index in [-0.39, 0.29) is 30.3 Å². The molecular weight excluding hydrogens is 386 g/mol. The van der Waals surface area contributed by atoms with E-state index in [4.69, 9.17) is 11.6 Å². The van der Waals surface area contributed by atoms with Crippen LogP contribution in [0.4, 0.5) is 5.69 Å². The third kappa shape index (κ3) is 5.80. The van der Waals surface area contributed by atoms with Crippen molar-refractivity contribution in [1.82, 2.24) is 10.2 Å². The molecular formula is C19H22ClN3O3S. The van der Waals surface area contributed by atoms with Crippen LogP contribution in [0, 0.1) is 0 Å². The quantitative estimate of drug-likeness (QED) is 0.735. The zero-order valence-electron chi connectivity index (χ0n) is 15.4. The SMILES string of the molecule is CCN(CC(=O)NC(C)C)C(=O)c1ccc(Cl)c(NC(=O)c2cccs2)c1. The minimum absolute atomic E-state index is 0.000840. The monoisotopic (exact) mass is 407 g/mol. The molecule has 8 heteroatoms. The van der Waals surface area contributed by atoms with Crippen molar-refractivity contribution in [1.29, 1.82) is 0 Å². The molecule has 6 nitrogen and oxygen atoms in total. The zero-order valence-corrected chi connectivity index (χ0v) is 17.0. The second-order valence-electron chi connectivity index (χ2n) is 6.17. The van der Waals surface area contributed by atoms with E-state index in [1.165, 1.54) is 22.3 Å². The Morgan fingerprint density at radius 1 is 1.22 bits per heavy atom. The summed E-state index contributed by atoms with van der Waals surface area (Å²) in [5, 5.41) is 7.62. The first-order valence-corrected chi connectivity index (χ1v) is 9.80. The van der Waals surface area contributed by atoms with Crippen molar-refractivity contribution in [2.45, 2.75) is 26.8 Å². The highest BCUT2D eigenvalue weighted by Crippen LogP contribution is 2.25. The fraction of sp³-hybridized carbons (Fsp3) is 0.316. The van der Waals surface area contributed by atoms with Crippen LogP contribution in [-0.2, 0) is 4.79 Å². The summed E-state index contributed by atoms with van der Waals surface area (Å²) in [6.45, 7) is 5.86. The van der Waals surface area contributed by atoms with Gasteiger partial charge in [0.25, 0.3) is 11.8 Å². The predicted octanol–water partition coefficient (Wildman–Crippen LogP) is 3.64. The highest BCUT2D eigenvalue weighted by atomic mass is 35.5. The van der Waals surface area contributed by atoms with Gasteiger partial charge in [-0.05, 0) is 50.4 Å². The molecule has 27 heavy (non-hydrogen) atoms. The summed E-state index contributed by atoms with van der Waals surface area (Å²) >= 11 is 7.47. The van der Waals surface area contributed by atoms with Crippen molar-refractivity contribution in [2.75, 3.05) is 18.4 Å². The Hall–Kier alpha value is -2.38. The van der Waals surface area contributed by atoms with Crippen molar-refractivity contribution < 1.29 is 14.4 Å². The Morgan fingerprint density at radius 3 is 2.56 bits per heavy atom. The van der Waals surface area contributed by atoms with E-state index in [1.54, 1.807) is 36.6 Å². The van der Waals surface area contributed by atoms with Crippen LogP contribution in [-0.4, -0.2) is 41.8 Å². The number of rotatable bonds is 7. The topological polar surface area (TPSA) is 78.5 Å². The molecule has 0 aliphatic heterocycles. The van der Waals surface area contributed by atoms with Crippen molar-refractivity contribution in [3.63, 3.8) is 0 Å². The van der Waals surface area contributed by atoms with E-state index in [1.807, 2.05) is 13.8 Å². The van der Waals surface area contributed by atoms with Gasteiger partial charge in [0.2, 0.25) is 5.91 Å². The van der Waals surface area contributed by atoms with Crippen molar-refractivity contribution in [3.8, 4) is 0 Å². The van der Waals surface area contributed by atoms with Crippen LogP contribution in [0.15, 0.2) is 35.7 Å². The molecule has 2 aromatic rings. The summed E-state index contributed by atoms with van der Waals surface area (Å²) in [6, 6.07) is 8.15. The number of benzene rings is 1. The summed E-state index contributed by atoms with van der Waals surface area (Å²) < 4.78 is 0. The second-order valence-corrected chi connectivity index (χ2v) is 7.52. The molecule has 0 atom stereocenters. The Balaban J connectivity index is 2.16. The number of carbonyl (C=O) groups is 3. The molecule has 2 N–H and O–H groups in total. The lowest BCUT2D eigenvalue weighted by Gasteiger charge is -2.21. The molecule has 0 spiro atoms. The summed E-state index contributed by atoms with van der Waals surface area (Å²) in [6.07, 6.45) is 0. The lowest BCUT2D eigenvalue weighted by Crippen LogP contribution is -2.42. The van der Waals surface area contributed by atoms with E-state index in [9.17, 15) is 14.4 Å². The normalized spacial score (nSPS) is 10.6. The van der Waals surface area contributed by atoms with Gasteiger partial charge < -0.3 is 15.5 Å². The van der Waals surface area contributed by atoms with Gasteiger partial charge in [0.15, 0.2) is 0 Å². The number of nitrogens with one attached hydrogen (secondary N) is 2. The average Bonchev–Trinajstić information content (AvgIpc) is 3.15.